The molecule has 0 atom stereocenters. The van der Waals surface area contributed by atoms with E-state index >= 15 is 0 Å². The van der Waals surface area contributed by atoms with Gasteiger partial charge in [-0.3, -0.25) is 4.90 Å². The summed E-state index contributed by atoms with van der Waals surface area (Å²) in [5.41, 5.74) is 1.46. The first-order chi connectivity index (χ1) is 6.36. The fourth-order valence-electron chi connectivity index (χ4n) is 1.53. The van der Waals surface area contributed by atoms with Crippen LogP contribution in [0.4, 0.5) is 0 Å². The van der Waals surface area contributed by atoms with Crippen LogP contribution in [-0.4, -0.2) is 29.5 Å². The first kappa shape index (κ1) is 9.56. The molecule has 1 fully saturated rings. The molecule has 0 radical (unpaired) electrons. The lowest BCUT2D eigenvalue weighted by Gasteiger charge is -2.25. The van der Waals surface area contributed by atoms with Crippen LogP contribution in [0.25, 0.3) is 0 Å². The monoisotopic (exact) mass is 213 g/mol. The van der Waals surface area contributed by atoms with E-state index < -0.39 is 0 Å². The first-order valence-electron chi connectivity index (χ1n) is 4.69. The van der Waals surface area contributed by atoms with Gasteiger partial charge in [-0.2, -0.15) is 11.8 Å². The lowest BCUT2D eigenvalue weighted by atomic mass is 10.3. The molecule has 0 aromatic carbocycles. The van der Waals surface area contributed by atoms with Crippen LogP contribution in [0, 0.1) is 6.92 Å². The maximum atomic E-state index is 2.56. The Bertz CT molecular complexity index is 264. The van der Waals surface area contributed by atoms with Crippen molar-refractivity contribution in [2.45, 2.75) is 13.5 Å². The van der Waals surface area contributed by atoms with Crippen LogP contribution in [0.15, 0.2) is 11.4 Å². The summed E-state index contributed by atoms with van der Waals surface area (Å²) in [6.07, 6.45) is 0. The highest BCUT2D eigenvalue weighted by molar-refractivity contribution is 7.99. The number of rotatable bonds is 2. The predicted octanol–water partition coefficient (Wildman–Crippen LogP) is 2.61. The first-order valence-corrected chi connectivity index (χ1v) is 6.73. The highest BCUT2D eigenvalue weighted by Gasteiger charge is 2.11. The van der Waals surface area contributed by atoms with Gasteiger partial charge in [0.1, 0.15) is 0 Å². The summed E-state index contributed by atoms with van der Waals surface area (Å²) in [4.78, 5) is 4.11. The largest absolute Gasteiger partial charge is 0.297 e. The number of aryl methyl sites for hydroxylation is 1. The molecule has 0 bridgehead atoms. The maximum absolute atomic E-state index is 2.56. The van der Waals surface area contributed by atoms with E-state index in [9.17, 15) is 0 Å². The SMILES string of the molecule is Cc1ccsc1CN1CCSCC1. The average Bonchev–Trinajstić information content (AvgIpc) is 2.54. The van der Waals surface area contributed by atoms with Crippen LogP contribution >= 0.6 is 23.1 Å². The number of thioether (sulfide) groups is 1. The van der Waals surface area contributed by atoms with Gasteiger partial charge in [-0.25, -0.2) is 0 Å². The van der Waals surface area contributed by atoms with Crippen LogP contribution < -0.4 is 0 Å². The van der Waals surface area contributed by atoms with Crippen LogP contribution in [-0.2, 0) is 6.54 Å². The Morgan fingerprint density at radius 2 is 2.15 bits per heavy atom. The number of hydrogen-bond donors (Lipinski definition) is 0. The van der Waals surface area contributed by atoms with Gasteiger partial charge in [0.15, 0.2) is 0 Å². The predicted molar refractivity (Wildman–Crippen MR) is 61.7 cm³/mol. The normalized spacial score (nSPS) is 19.2. The molecule has 0 saturated carbocycles. The molecule has 3 heteroatoms. The van der Waals surface area contributed by atoms with Crippen molar-refractivity contribution in [2.24, 2.45) is 0 Å². The Hall–Kier alpha value is 0.01000. The van der Waals surface area contributed by atoms with E-state index in [4.69, 9.17) is 0 Å². The van der Waals surface area contributed by atoms with Gasteiger partial charge >= 0.3 is 0 Å². The van der Waals surface area contributed by atoms with Crippen molar-refractivity contribution in [3.63, 3.8) is 0 Å². The molecule has 2 rings (SSSR count). The molecule has 0 aliphatic carbocycles. The zero-order valence-corrected chi connectivity index (χ0v) is 9.59. The summed E-state index contributed by atoms with van der Waals surface area (Å²) >= 11 is 3.97. The van der Waals surface area contributed by atoms with Gasteiger partial charge in [0, 0.05) is 36.0 Å². The quantitative estimate of drug-likeness (QED) is 0.743. The molecule has 0 N–H and O–H groups in total. The van der Waals surface area contributed by atoms with Crippen molar-refractivity contribution in [3.8, 4) is 0 Å². The van der Waals surface area contributed by atoms with E-state index in [1.165, 1.54) is 36.7 Å². The van der Waals surface area contributed by atoms with Gasteiger partial charge in [-0.1, -0.05) is 0 Å². The molecule has 0 amide bonds. The Morgan fingerprint density at radius 1 is 1.38 bits per heavy atom. The Kier molecular flexibility index (Phi) is 3.30. The second-order valence-electron chi connectivity index (χ2n) is 3.42. The lowest BCUT2D eigenvalue weighted by molar-refractivity contribution is 0.297. The Balaban J connectivity index is 1.93. The summed E-state index contributed by atoms with van der Waals surface area (Å²) in [6.45, 7) is 5.92. The summed E-state index contributed by atoms with van der Waals surface area (Å²) < 4.78 is 0. The topological polar surface area (TPSA) is 3.24 Å². The van der Waals surface area contributed by atoms with Crippen LogP contribution in [0.1, 0.15) is 10.4 Å². The van der Waals surface area contributed by atoms with E-state index in [2.05, 4.69) is 35.0 Å². The number of thiophene rings is 1. The second kappa shape index (κ2) is 4.49. The van der Waals surface area contributed by atoms with Crippen molar-refractivity contribution in [1.82, 2.24) is 4.90 Å². The van der Waals surface area contributed by atoms with Crippen molar-refractivity contribution in [2.75, 3.05) is 24.6 Å². The molecular formula is C10H15NS2. The smallest absolute Gasteiger partial charge is 0.0331 e. The molecule has 1 saturated heterocycles. The zero-order valence-electron chi connectivity index (χ0n) is 7.95. The van der Waals surface area contributed by atoms with E-state index in [1.807, 2.05) is 11.3 Å². The van der Waals surface area contributed by atoms with E-state index in [-0.39, 0.29) is 0 Å². The third kappa shape index (κ3) is 2.48. The average molecular weight is 213 g/mol. The number of nitrogens with zero attached hydrogens (tertiary/aromatic N) is 1. The molecule has 1 nitrogen and oxygen atoms in total. The van der Waals surface area contributed by atoms with Gasteiger partial charge in [-0.15, -0.1) is 11.3 Å². The molecule has 1 aromatic rings. The van der Waals surface area contributed by atoms with Crippen LogP contribution in [0.2, 0.25) is 0 Å². The van der Waals surface area contributed by atoms with E-state index in [0.29, 0.717) is 0 Å². The third-order valence-electron chi connectivity index (χ3n) is 2.44. The van der Waals surface area contributed by atoms with Gasteiger partial charge in [0.25, 0.3) is 0 Å². The summed E-state index contributed by atoms with van der Waals surface area (Å²) in [5, 5.41) is 2.20. The maximum Gasteiger partial charge on any atom is 0.0331 e. The minimum absolute atomic E-state index is 1.17. The Morgan fingerprint density at radius 3 is 2.77 bits per heavy atom. The minimum Gasteiger partial charge on any atom is -0.297 e. The highest BCUT2D eigenvalue weighted by Crippen LogP contribution is 2.19. The highest BCUT2D eigenvalue weighted by atomic mass is 32.2. The van der Waals surface area contributed by atoms with E-state index in [0.717, 1.165) is 0 Å². The van der Waals surface area contributed by atoms with Crippen molar-refractivity contribution in [3.05, 3.63) is 21.9 Å². The fourth-order valence-corrected chi connectivity index (χ4v) is 3.45. The lowest BCUT2D eigenvalue weighted by Crippen LogP contribution is -2.31. The molecule has 13 heavy (non-hydrogen) atoms. The fraction of sp³-hybridized carbons (Fsp3) is 0.600. The van der Waals surface area contributed by atoms with Gasteiger partial charge in [0.2, 0.25) is 0 Å². The molecule has 1 aromatic heterocycles. The van der Waals surface area contributed by atoms with Crippen LogP contribution in [0.3, 0.4) is 0 Å². The minimum atomic E-state index is 1.17. The standard InChI is InChI=1S/C10H15NS2/c1-9-2-5-13-10(9)8-11-3-6-12-7-4-11/h2,5H,3-4,6-8H2,1H3. The van der Waals surface area contributed by atoms with Crippen molar-refractivity contribution >= 4 is 23.1 Å². The summed E-state index contributed by atoms with van der Waals surface area (Å²) in [5.74, 6) is 2.62. The zero-order chi connectivity index (χ0) is 9.10. The second-order valence-corrected chi connectivity index (χ2v) is 5.64. The van der Waals surface area contributed by atoms with Crippen molar-refractivity contribution < 1.29 is 0 Å². The summed E-state index contributed by atoms with van der Waals surface area (Å²) in [6, 6.07) is 2.22. The molecule has 1 aliphatic heterocycles. The van der Waals surface area contributed by atoms with Crippen molar-refractivity contribution in [1.29, 1.82) is 0 Å². The third-order valence-corrected chi connectivity index (χ3v) is 4.39. The van der Waals surface area contributed by atoms with E-state index in [1.54, 1.807) is 4.88 Å². The molecule has 2 heterocycles. The molecule has 0 spiro atoms. The molecular weight excluding hydrogens is 198 g/mol. The van der Waals surface area contributed by atoms with Gasteiger partial charge in [-0.05, 0) is 23.9 Å². The van der Waals surface area contributed by atoms with Gasteiger partial charge < -0.3 is 0 Å². The van der Waals surface area contributed by atoms with Crippen LogP contribution in [0.5, 0.6) is 0 Å². The molecule has 1 aliphatic rings. The van der Waals surface area contributed by atoms with Gasteiger partial charge in [0.05, 0.1) is 0 Å². The summed E-state index contributed by atoms with van der Waals surface area (Å²) in [7, 11) is 0. The molecule has 72 valence electrons. The Labute approximate surface area is 88.1 Å². The number of hydrogen-bond acceptors (Lipinski definition) is 3. The molecule has 0 unspecified atom stereocenters.